The fourth-order valence-corrected chi connectivity index (χ4v) is 0.569. The zero-order chi connectivity index (χ0) is 5.98. The highest BCUT2D eigenvalue weighted by Crippen LogP contribution is 2.16. The minimum Gasteiger partial charge on any atom is -0.373 e. The summed E-state index contributed by atoms with van der Waals surface area (Å²) in [5.74, 6) is 1.82. The largest absolute Gasteiger partial charge is 0.373 e. The molecule has 0 aromatic heterocycles. The molecular weight excluding hydrogens is 104 g/mol. The molecule has 0 aromatic rings. The van der Waals surface area contributed by atoms with E-state index < -0.39 is 0 Å². The molecule has 0 N–H and O–H groups in total. The van der Waals surface area contributed by atoms with Crippen molar-refractivity contribution in [3.63, 3.8) is 0 Å². The van der Waals surface area contributed by atoms with Crippen molar-refractivity contribution in [3.05, 3.63) is 5.57 Å². The van der Waals surface area contributed by atoms with Gasteiger partial charge in [-0.15, -0.1) is 0 Å². The Bertz CT molecular complexity index is 129. The van der Waals surface area contributed by atoms with Crippen molar-refractivity contribution in [2.24, 2.45) is 0 Å². The van der Waals surface area contributed by atoms with E-state index in [4.69, 9.17) is 4.74 Å². The van der Waals surface area contributed by atoms with Crippen molar-refractivity contribution in [2.75, 3.05) is 6.61 Å². The minimum absolute atomic E-state index is 0.330. The number of epoxide rings is 1. The summed E-state index contributed by atoms with van der Waals surface area (Å²) in [7, 11) is 0. The molecule has 2 nitrogen and oxygen atoms in total. The molecule has 1 heterocycles. The lowest BCUT2D eigenvalue weighted by atomic mass is 10.2. The summed E-state index contributed by atoms with van der Waals surface area (Å²) < 4.78 is 4.88. The normalized spacial score (nSPS) is 24.4. The second-order valence-electron chi connectivity index (χ2n) is 2.04. The van der Waals surface area contributed by atoms with Crippen LogP contribution in [0.4, 0.5) is 0 Å². The van der Waals surface area contributed by atoms with Gasteiger partial charge in [0.05, 0.1) is 12.7 Å². The molecule has 0 aliphatic carbocycles. The molecule has 2 heteroatoms. The summed E-state index contributed by atoms with van der Waals surface area (Å²) >= 11 is 0. The average Bonchev–Trinajstić information content (AvgIpc) is 2.50. The molecule has 0 aromatic carbocycles. The maximum atomic E-state index is 9.85. The lowest BCUT2D eigenvalue weighted by Crippen LogP contribution is -1.85. The molecule has 1 aliphatic rings. The average molecular weight is 112 g/mol. The first-order valence-electron chi connectivity index (χ1n) is 2.65. The van der Waals surface area contributed by atoms with Crippen LogP contribution in [-0.2, 0) is 9.53 Å². The van der Waals surface area contributed by atoms with Crippen LogP contribution < -0.4 is 0 Å². The van der Waals surface area contributed by atoms with Crippen molar-refractivity contribution in [2.45, 2.75) is 19.4 Å². The van der Waals surface area contributed by atoms with E-state index in [2.05, 4.69) is 0 Å². The van der Waals surface area contributed by atoms with Crippen molar-refractivity contribution >= 4 is 5.94 Å². The van der Waals surface area contributed by atoms with E-state index >= 15 is 0 Å². The molecule has 0 saturated carbocycles. The second-order valence-corrected chi connectivity index (χ2v) is 2.04. The molecule has 44 valence electrons. The predicted octanol–water partition coefficient (Wildman–Crippen LogP) is 0.553. The summed E-state index contributed by atoms with van der Waals surface area (Å²) in [6.07, 6.45) is 1.10. The van der Waals surface area contributed by atoms with Crippen molar-refractivity contribution in [1.82, 2.24) is 0 Å². The Labute approximate surface area is 48.1 Å². The highest BCUT2D eigenvalue weighted by Gasteiger charge is 2.22. The Morgan fingerprint density at radius 3 is 3.00 bits per heavy atom. The van der Waals surface area contributed by atoms with Gasteiger partial charge in [0.25, 0.3) is 0 Å². The number of rotatable bonds is 2. The minimum atomic E-state index is 0.330. The van der Waals surface area contributed by atoms with Crippen molar-refractivity contribution in [1.29, 1.82) is 0 Å². The maximum absolute atomic E-state index is 9.85. The van der Waals surface area contributed by atoms with Gasteiger partial charge >= 0.3 is 0 Å². The predicted molar refractivity (Wildman–Crippen MR) is 29.2 cm³/mol. The summed E-state index contributed by atoms with van der Waals surface area (Å²) in [5, 5.41) is 0. The molecule has 0 spiro atoms. The van der Waals surface area contributed by atoms with Gasteiger partial charge in [-0.1, -0.05) is 0 Å². The SMILES string of the molecule is CC(=C=O)CC1CO1. The van der Waals surface area contributed by atoms with Gasteiger partial charge in [-0.05, 0) is 6.92 Å². The Balaban J connectivity index is 2.26. The molecule has 1 aliphatic heterocycles. The van der Waals surface area contributed by atoms with Crippen LogP contribution in [0.3, 0.4) is 0 Å². The van der Waals surface area contributed by atoms with Gasteiger partial charge in [0.2, 0.25) is 0 Å². The van der Waals surface area contributed by atoms with Crippen LogP contribution in [0.25, 0.3) is 0 Å². The van der Waals surface area contributed by atoms with Gasteiger partial charge in [-0.25, -0.2) is 4.79 Å². The number of hydrogen-bond acceptors (Lipinski definition) is 2. The Kier molecular flexibility index (Phi) is 1.47. The lowest BCUT2D eigenvalue weighted by molar-refractivity contribution is 0.407. The monoisotopic (exact) mass is 112 g/mol. The quantitative estimate of drug-likeness (QED) is 0.385. The molecule has 1 unspecified atom stereocenters. The van der Waals surface area contributed by atoms with E-state index in [1.54, 1.807) is 6.92 Å². The van der Waals surface area contributed by atoms with Gasteiger partial charge in [-0.2, -0.15) is 0 Å². The molecule has 8 heavy (non-hydrogen) atoms. The van der Waals surface area contributed by atoms with Crippen molar-refractivity contribution < 1.29 is 9.53 Å². The molecule has 1 saturated heterocycles. The van der Waals surface area contributed by atoms with E-state index in [0.29, 0.717) is 6.10 Å². The lowest BCUT2D eigenvalue weighted by Gasteiger charge is -1.84. The van der Waals surface area contributed by atoms with Crippen LogP contribution >= 0.6 is 0 Å². The topological polar surface area (TPSA) is 29.6 Å². The maximum Gasteiger partial charge on any atom is 0.123 e. The number of hydrogen-bond donors (Lipinski definition) is 0. The first kappa shape index (κ1) is 5.54. The first-order valence-corrected chi connectivity index (χ1v) is 2.65. The van der Waals surface area contributed by atoms with Crippen LogP contribution in [0.1, 0.15) is 13.3 Å². The van der Waals surface area contributed by atoms with E-state index in [-0.39, 0.29) is 0 Å². The van der Waals surface area contributed by atoms with Crippen LogP contribution in [0.15, 0.2) is 5.57 Å². The highest BCUT2D eigenvalue weighted by atomic mass is 16.6. The summed E-state index contributed by atoms with van der Waals surface area (Å²) in [6, 6.07) is 0. The Morgan fingerprint density at radius 1 is 2.00 bits per heavy atom. The summed E-state index contributed by atoms with van der Waals surface area (Å²) in [5.41, 5.74) is 0.757. The third-order valence-corrected chi connectivity index (χ3v) is 1.11. The number of ether oxygens (including phenoxy) is 1. The Morgan fingerprint density at radius 2 is 2.62 bits per heavy atom. The summed E-state index contributed by atoms with van der Waals surface area (Å²) in [6.45, 7) is 2.59. The van der Waals surface area contributed by atoms with Crippen LogP contribution in [0.2, 0.25) is 0 Å². The molecule has 1 fully saturated rings. The highest BCUT2D eigenvalue weighted by molar-refractivity contribution is 5.51. The van der Waals surface area contributed by atoms with Crippen LogP contribution in [0.5, 0.6) is 0 Å². The zero-order valence-electron chi connectivity index (χ0n) is 4.81. The Hall–Kier alpha value is -0.590. The zero-order valence-corrected chi connectivity index (χ0v) is 4.81. The van der Waals surface area contributed by atoms with E-state index in [1.807, 2.05) is 5.94 Å². The van der Waals surface area contributed by atoms with Crippen molar-refractivity contribution in [3.8, 4) is 0 Å². The molecule has 1 rings (SSSR count). The van der Waals surface area contributed by atoms with Gasteiger partial charge in [0, 0.05) is 12.0 Å². The summed E-state index contributed by atoms with van der Waals surface area (Å²) in [4.78, 5) is 9.85. The molecule has 0 radical (unpaired) electrons. The van der Waals surface area contributed by atoms with Gasteiger partial charge in [-0.3, -0.25) is 0 Å². The number of carbonyl (C=O) groups excluding carboxylic acids is 1. The van der Waals surface area contributed by atoms with Crippen LogP contribution in [0, 0.1) is 0 Å². The van der Waals surface area contributed by atoms with Gasteiger partial charge in [0.15, 0.2) is 0 Å². The van der Waals surface area contributed by atoms with Crippen LogP contribution in [-0.4, -0.2) is 18.7 Å². The molecule has 0 amide bonds. The second kappa shape index (κ2) is 2.12. The van der Waals surface area contributed by atoms with E-state index in [9.17, 15) is 4.79 Å². The van der Waals surface area contributed by atoms with Gasteiger partial charge < -0.3 is 4.74 Å². The fraction of sp³-hybridized carbons (Fsp3) is 0.667. The third kappa shape index (κ3) is 1.49. The standard InChI is InChI=1S/C6H8O2/c1-5(3-7)2-6-4-8-6/h6H,2,4H2,1H3. The third-order valence-electron chi connectivity index (χ3n) is 1.11. The first-order chi connectivity index (χ1) is 3.83. The smallest absolute Gasteiger partial charge is 0.123 e. The fourth-order valence-electron chi connectivity index (χ4n) is 0.569. The van der Waals surface area contributed by atoms with E-state index in [0.717, 1.165) is 18.6 Å². The van der Waals surface area contributed by atoms with E-state index in [1.165, 1.54) is 0 Å². The molecular formula is C6H8O2. The molecule has 0 bridgehead atoms. The van der Waals surface area contributed by atoms with Gasteiger partial charge in [0.1, 0.15) is 5.94 Å². The molecule has 1 atom stereocenters.